The second kappa shape index (κ2) is 7.34. The fraction of sp³-hybridized carbons (Fsp3) is 0.588. The number of nitrogens with zero attached hydrogens (tertiary/aromatic N) is 1. The summed E-state index contributed by atoms with van der Waals surface area (Å²) in [6.45, 7) is 7.66. The SMILES string of the molecule is CCOc1ccccc1OCC(=O)N(CC(C)C)C1CC1. The molecule has 1 aromatic rings. The zero-order valence-corrected chi connectivity index (χ0v) is 13.2. The van der Waals surface area contributed by atoms with Gasteiger partial charge in [0, 0.05) is 12.6 Å². The van der Waals surface area contributed by atoms with Crippen LogP contribution in [0, 0.1) is 5.92 Å². The number of amides is 1. The van der Waals surface area contributed by atoms with Crippen molar-refractivity contribution in [2.45, 2.75) is 39.7 Å². The van der Waals surface area contributed by atoms with E-state index in [2.05, 4.69) is 13.8 Å². The summed E-state index contributed by atoms with van der Waals surface area (Å²) in [6.07, 6.45) is 2.24. The Bertz CT molecular complexity index is 469. The summed E-state index contributed by atoms with van der Waals surface area (Å²) in [5, 5.41) is 0. The third-order valence-electron chi connectivity index (χ3n) is 3.37. The van der Waals surface area contributed by atoms with E-state index >= 15 is 0 Å². The van der Waals surface area contributed by atoms with Crippen molar-refractivity contribution in [3.05, 3.63) is 24.3 Å². The molecule has 0 radical (unpaired) electrons. The number of carbonyl (C=O) groups is 1. The van der Waals surface area contributed by atoms with Gasteiger partial charge in [-0.3, -0.25) is 4.79 Å². The van der Waals surface area contributed by atoms with Crippen LogP contribution in [-0.2, 0) is 4.79 Å². The van der Waals surface area contributed by atoms with E-state index in [9.17, 15) is 4.79 Å². The second-order valence-electron chi connectivity index (χ2n) is 5.84. The summed E-state index contributed by atoms with van der Waals surface area (Å²) < 4.78 is 11.2. The van der Waals surface area contributed by atoms with Crippen LogP contribution in [0.1, 0.15) is 33.6 Å². The molecule has 1 amide bonds. The van der Waals surface area contributed by atoms with Gasteiger partial charge in [0.2, 0.25) is 0 Å². The summed E-state index contributed by atoms with van der Waals surface area (Å²) in [7, 11) is 0. The number of ether oxygens (including phenoxy) is 2. The molecule has 0 aromatic heterocycles. The van der Waals surface area contributed by atoms with Crippen molar-refractivity contribution in [1.29, 1.82) is 0 Å². The molecular formula is C17H25NO3. The Hall–Kier alpha value is -1.71. The Balaban J connectivity index is 1.93. The van der Waals surface area contributed by atoms with Crippen LogP contribution in [0.5, 0.6) is 11.5 Å². The molecule has 2 rings (SSSR count). The molecule has 4 nitrogen and oxygen atoms in total. The molecule has 0 unspecified atom stereocenters. The molecule has 0 saturated heterocycles. The summed E-state index contributed by atoms with van der Waals surface area (Å²) in [5.41, 5.74) is 0. The first kappa shape index (κ1) is 15.7. The van der Waals surface area contributed by atoms with Gasteiger partial charge in [0.25, 0.3) is 5.91 Å². The van der Waals surface area contributed by atoms with Crippen LogP contribution < -0.4 is 9.47 Å². The molecule has 4 heteroatoms. The second-order valence-corrected chi connectivity index (χ2v) is 5.84. The van der Waals surface area contributed by atoms with E-state index in [0.29, 0.717) is 30.1 Å². The highest BCUT2D eigenvalue weighted by Gasteiger charge is 2.32. The molecule has 1 aliphatic carbocycles. The third-order valence-corrected chi connectivity index (χ3v) is 3.37. The van der Waals surface area contributed by atoms with E-state index in [0.717, 1.165) is 19.4 Å². The van der Waals surface area contributed by atoms with Crippen molar-refractivity contribution in [3.63, 3.8) is 0 Å². The molecule has 1 saturated carbocycles. The molecule has 0 heterocycles. The minimum Gasteiger partial charge on any atom is -0.490 e. The highest BCUT2D eigenvalue weighted by atomic mass is 16.5. The summed E-state index contributed by atoms with van der Waals surface area (Å²) >= 11 is 0. The summed E-state index contributed by atoms with van der Waals surface area (Å²) in [6, 6.07) is 7.90. The zero-order chi connectivity index (χ0) is 15.2. The lowest BCUT2D eigenvalue weighted by atomic mass is 10.2. The smallest absolute Gasteiger partial charge is 0.260 e. The standard InChI is InChI=1S/C17H25NO3/c1-4-20-15-7-5-6-8-16(15)21-12-17(19)18(11-13(2)3)14-9-10-14/h5-8,13-14H,4,9-12H2,1-3H3. The largest absolute Gasteiger partial charge is 0.490 e. The van der Waals surface area contributed by atoms with Crippen LogP contribution in [0.25, 0.3) is 0 Å². The first-order valence-corrected chi connectivity index (χ1v) is 7.76. The first-order valence-electron chi connectivity index (χ1n) is 7.76. The van der Waals surface area contributed by atoms with Gasteiger partial charge in [-0.1, -0.05) is 26.0 Å². The van der Waals surface area contributed by atoms with Crippen molar-refractivity contribution >= 4 is 5.91 Å². The van der Waals surface area contributed by atoms with Gasteiger partial charge < -0.3 is 14.4 Å². The van der Waals surface area contributed by atoms with E-state index in [4.69, 9.17) is 9.47 Å². The number of para-hydroxylation sites is 2. The molecule has 116 valence electrons. The minimum absolute atomic E-state index is 0.0671. The van der Waals surface area contributed by atoms with Crippen LogP contribution in [-0.4, -0.2) is 36.6 Å². The Morgan fingerprint density at radius 2 is 1.86 bits per heavy atom. The maximum Gasteiger partial charge on any atom is 0.260 e. The van der Waals surface area contributed by atoms with E-state index in [-0.39, 0.29) is 12.5 Å². The van der Waals surface area contributed by atoms with Gasteiger partial charge in [-0.2, -0.15) is 0 Å². The Morgan fingerprint density at radius 1 is 1.24 bits per heavy atom. The molecule has 0 aliphatic heterocycles. The topological polar surface area (TPSA) is 38.8 Å². The number of hydrogen-bond acceptors (Lipinski definition) is 3. The van der Waals surface area contributed by atoms with Crippen molar-refractivity contribution in [2.75, 3.05) is 19.8 Å². The molecular weight excluding hydrogens is 266 g/mol. The van der Waals surface area contributed by atoms with Crippen LogP contribution in [0.2, 0.25) is 0 Å². The van der Waals surface area contributed by atoms with Crippen molar-refractivity contribution in [3.8, 4) is 11.5 Å². The number of rotatable bonds is 8. The maximum atomic E-state index is 12.4. The molecule has 0 bridgehead atoms. The molecule has 0 atom stereocenters. The van der Waals surface area contributed by atoms with E-state index in [1.807, 2.05) is 36.1 Å². The third kappa shape index (κ3) is 4.66. The highest BCUT2D eigenvalue weighted by Crippen LogP contribution is 2.29. The molecule has 21 heavy (non-hydrogen) atoms. The average Bonchev–Trinajstić information content (AvgIpc) is 3.28. The number of benzene rings is 1. The lowest BCUT2D eigenvalue weighted by Crippen LogP contribution is -2.39. The van der Waals surface area contributed by atoms with Gasteiger partial charge in [-0.15, -0.1) is 0 Å². The van der Waals surface area contributed by atoms with Crippen LogP contribution in [0.4, 0.5) is 0 Å². The Morgan fingerprint density at radius 3 is 2.38 bits per heavy atom. The van der Waals surface area contributed by atoms with Crippen molar-refractivity contribution in [1.82, 2.24) is 4.90 Å². The van der Waals surface area contributed by atoms with Gasteiger partial charge >= 0.3 is 0 Å². The summed E-state index contributed by atoms with van der Waals surface area (Å²) in [4.78, 5) is 14.3. The average molecular weight is 291 g/mol. The van der Waals surface area contributed by atoms with Gasteiger partial charge in [0.05, 0.1) is 6.61 Å². The van der Waals surface area contributed by atoms with Crippen LogP contribution in [0.3, 0.4) is 0 Å². The Labute approximate surface area is 127 Å². The monoisotopic (exact) mass is 291 g/mol. The van der Waals surface area contributed by atoms with Gasteiger partial charge in [-0.25, -0.2) is 0 Å². The quantitative estimate of drug-likeness (QED) is 0.738. The van der Waals surface area contributed by atoms with Crippen LogP contribution in [0.15, 0.2) is 24.3 Å². The fourth-order valence-corrected chi connectivity index (χ4v) is 2.30. The lowest BCUT2D eigenvalue weighted by Gasteiger charge is -2.24. The summed E-state index contributed by atoms with van der Waals surface area (Å²) in [5.74, 6) is 1.87. The molecule has 1 aromatic carbocycles. The van der Waals surface area contributed by atoms with E-state index in [1.54, 1.807) is 0 Å². The van der Waals surface area contributed by atoms with Crippen molar-refractivity contribution < 1.29 is 14.3 Å². The van der Waals surface area contributed by atoms with Gasteiger partial charge in [0.1, 0.15) is 0 Å². The van der Waals surface area contributed by atoms with Crippen molar-refractivity contribution in [2.24, 2.45) is 5.92 Å². The van der Waals surface area contributed by atoms with Gasteiger partial charge in [0.15, 0.2) is 18.1 Å². The zero-order valence-electron chi connectivity index (χ0n) is 13.2. The number of hydrogen-bond donors (Lipinski definition) is 0. The highest BCUT2D eigenvalue weighted by molar-refractivity contribution is 5.78. The van der Waals surface area contributed by atoms with E-state index in [1.165, 1.54) is 0 Å². The number of carbonyl (C=O) groups excluding carboxylic acids is 1. The first-order chi connectivity index (χ1) is 10.1. The Kier molecular flexibility index (Phi) is 5.48. The predicted molar refractivity (Wildman–Crippen MR) is 82.7 cm³/mol. The molecule has 0 N–H and O–H groups in total. The minimum atomic E-state index is 0.0671. The molecule has 0 spiro atoms. The normalized spacial score (nSPS) is 14.1. The molecule has 1 aliphatic rings. The fourth-order valence-electron chi connectivity index (χ4n) is 2.30. The lowest BCUT2D eigenvalue weighted by molar-refractivity contribution is -0.134. The predicted octanol–water partition coefficient (Wildman–Crippen LogP) is 3.11. The van der Waals surface area contributed by atoms with E-state index < -0.39 is 0 Å². The van der Waals surface area contributed by atoms with Gasteiger partial charge in [-0.05, 0) is 37.8 Å². The molecule has 1 fully saturated rings. The van der Waals surface area contributed by atoms with Crippen LogP contribution >= 0.6 is 0 Å². The maximum absolute atomic E-state index is 12.4.